The number of nitro groups is 1. The van der Waals surface area contributed by atoms with Crippen LogP contribution in [0.5, 0.6) is 5.75 Å². The van der Waals surface area contributed by atoms with Crippen LogP contribution in [-0.2, 0) is 6.54 Å². The number of benzene rings is 2. The molecule has 2 aromatic rings. The molecular formula is C14H12BrClN2O3. The van der Waals surface area contributed by atoms with Gasteiger partial charge in [-0.3, -0.25) is 10.1 Å². The van der Waals surface area contributed by atoms with Gasteiger partial charge in [-0.2, -0.15) is 0 Å². The van der Waals surface area contributed by atoms with Gasteiger partial charge in [-0.1, -0.05) is 17.7 Å². The molecule has 0 heterocycles. The lowest BCUT2D eigenvalue weighted by Gasteiger charge is -2.10. The zero-order valence-corrected chi connectivity index (χ0v) is 13.4. The van der Waals surface area contributed by atoms with Crippen LogP contribution in [0.4, 0.5) is 11.4 Å². The predicted octanol–water partition coefficient (Wildman–Crippen LogP) is 4.63. The largest absolute Gasteiger partial charge is 0.496 e. The number of rotatable bonds is 5. The topological polar surface area (TPSA) is 64.4 Å². The summed E-state index contributed by atoms with van der Waals surface area (Å²) in [6, 6.07) is 9.96. The minimum Gasteiger partial charge on any atom is -0.496 e. The first-order valence-corrected chi connectivity index (χ1v) is 7.18. The molecule has 0 fully saturated rings. The maximum Gasteiger partial charge on any atom is 0.271 e. The van der Waals surface area contributed by atoms with E-state index >= 15 is 0 Å². The Morgan fingerprint density at radius 2 is 2.10 bits per heavy atom. The maximum atomic E-state index is 10.8. The summed E-state index contributed by atoms with van der Waals surface area (Å²) in [5, 5.41) is 14.3. The van der Waals surface area contributed by atoms with Crippen LogP contribution in [0.1, 0.15) is 5.56 Å². The van der Waals surface area contributed by atoms with Crippen molar-refractivity contribution in [3.05, 3.63) is 61.6 Å². The van der Waals surface area contributed by atoms with Crippen molar-refractivity contribution < 1.29 is 9.66 Å². The van der Waals surface area contributed by atoms with Crippen LogP contribution in [0, 0.1) is 10.1 Å². The van der Waals surface area contributed by atoms with E-state index in [1.54, 1.807) is 7.11 Å². The number of nitrogens with one attached hydrogen (secondary N) is 1. The van der Waals surface area contributed by atoms with Gasteiger partial charge >= 0.3 is 0 Å². The van der Waals surface area contributed by atoms with Gasteiger partial charge in [0.25, 0.3) is 5.69 Å². The second kappa shape index (κ2) is 6.78. The minimum atomic E-state index is -0.453. The van der Waals surface area contributed by atoms with E-state index in [1.165, 1.54) is 18.2 Å². The van der Waals surface area contributed by atoms with E-state index in [2.05, 4.69) is 21.2 Å². The van der Waals surface area contributed by atoms with Crippen molar-refractivity contribution in [1.29, 1.82) is 0 Å². The number of hydrogen-bond donors (Lipinski definition) is 1. The summed E-state index contributed by atoms with van der Waals surface area (Å²) < 4.78 is 6.00. The van der Waals surface area contributed by atoms with Gasteiger partial charge in [-0.15, -0.1) is 0 Å². The molecule has 0 unspecified atom stereocenters. The van der Waals surface area contributed by atoms with E-state index in [4.69, 9.17) is 16.3 Å². The molecule has 0 saturated heterocycles. The fraction of sp³-hybridized carbons (Fsp3) is 0.143. The number of halogens is 2. The van der Waals surface area contributed by atoms with Crippen molar-refractivity contribution in [2.75, 3.05) is 12.4 Å². The normalized spacial score (nSPS) is 10.2. The van der Waals surface area contributed by atoms with E-state index < -0.39 is 4.92 Å². The van der Waals surface area contributed by atoms with Crippen LogP contribution in [0.25, 0.3) is 0 Å². The Kier molecular flexibility index (Phi) is 5.03. The highest BCUT2D eigenvalue weighted by molar-refractivity contribution is 9.10. The van der Waals surface area contributed by atoms with Gasteiger partial charge in [0.1, 0.15) is 5.75 Å². The number of non-ortho nitro benzene ring substituents is 1. The predicted molar refractivity (Wildman–Crippen MR) is 86.1 cm³/mol. The third kappa shape index (κ3) is 3.86. The smallest absolute Gasteiger partial charge is 0.271 e. The summed E-state index contributed by atoms with van der Waals surface area (Å²) in [5.41, 5.74) is 1.51. The molecule has 0 aliphatic carbocycles. The summed E-state index contributed by atoms with van der Waals surface area (Å²) in [4.78, 5) is 10.3. The number of nitro benzene ring substituents is 1. The summed E-state index contributed by atoms with van der Waals surface area (Å²) in [6.45, 7) is 0.490. The van der Waals surface area contributed by atoms with Crippen LogP contribution >= 0.6 is 27.5 Å². The molecule has 1 N–H and O–H groups in total. The van der Waals surface area contributed by atoms with E-state index in [9.17, 15) is 10.1 Å². The highest BCUT2D eigenvalue weighted by Crippen LogP contribution is 2.29. The molecule has 0 aliphatic heterocycles. The molecular weight excluding hydrogens is 360 g/mol. The molecule has 0 atom stereocenters. The highest BCUT2D eigenvalue weighted by Gasteiger charge is 2.09. The fourth-order valence-electron chi connectivity index (χ4n) is 1.78. The average Bonchev–Trinajstić information content (AvgIpc) is 2.46. The second-order valence-corrected chi connectivity index (χ2v) is 5.51. The van der Waals surface area contributed by atoms with Crippen molar-refractivity contribution in [1.82, 2.24) is 0 Å². The molecule has 0 saturated carbocycles. The first-order chi connectivity index (χ1) is 10.0. The Labute approximate surface area is 135 Å². The Morgan fingerprint density at radius 1 is 1.33 bits per heavy atom. The molecule has 21 heavy (non-hydrogen) atoms. The number of anilines is 1. The van der Waals surface area contributed by atoms with Gasteiger partial charge in [0.15, 0.2) is 0 Å². The van der Waals surface area contributed by atoms with Crippen molar-refractivity contribution in [3.63, 3.8) is 0 Å². The zero-order valence-electron chi connectivity index (χ0n) is 11.1. The summed E-state index contributed by atoms with van der Waals surface area (Å²) in [6.07, 6.45) is 0. The number of nitrogens with zero attached hydrogens (tertiary/aromatic N) is 1. The molecule has 0 aliphatic rings. The Bertz CT molecular complexity index is 679. The molecule has 0 bridgehead atoms. The highest BCUT2D eigenvalue weighted by atomic mass is 79.9. The summed E-state index contributed by atoms with van der Waals surface area (Å²) >= 11 is 9.44. The standard InChI is InChI=1S/C14H12BrClN2O3/c1-21-14-5-2-9(6-11(14)15)8-17-13-7-10(18(19)20)3-4-12(13)16/h2-7,17H,8H2,1H3. The Morgan fingerprint density at radius 3 is 2.71 bits per heavy atom. The molecule has 2 rings (SSSR count). The van der Waals surface area contributed by atoms with Crippen LogP contribution in [0.15, 0.2) is 40.9 Å². The van der Waals surface area contributed by atoms with Gasteiger partial charge in [-0.05, 0) is 39.7 Å². The van der Waals surface area contributed by atoms with E-state index in [0.717, 1.165) is 15.8 Å². The first kappa shape index (κ1) is 15.6. The molecule has 110 valence electrons. The SMILES string of the molecule is COc1ccc(CNc2cc([N+](=O)[O-])ccc2Cl)cc1Br. The molecule has 0 amide bonds. The van der Waals surface area contributed by atoms with Gasteiger partial charge in [-0.25, -0.2) is 0 Å². The third-order valence-electron chi connectivity index (χ3n) is 2.86. The van der Waals surface area contributed by atoms with Crippen LogP contribution in [0.3, 0.4) is 0 Å². The molecule has 2 aromatic carbocycles. The van der Waals surface area contributed by atoms with Crippen LogP contribution in [-0.4, -0.2) is 12.0 Å². The van der Waals surface area contributed by atoms with Crippen LogP contribution in [0.2, 0.25) is 5.02 Å². The summed E-state index contributed by atoms with van der Waals surface area (Å²) in [7, 11) is 1.60. The zero-order chi connectivity index (χ0) is 15.4. The minimum absolute atomic E-state index is 0.00203. The summed E-state index contributed by atoms with van der Waals surface area (Å²) in [5.74, 6) is 0.743. The van der Waals surface area contributed by atoms with Crippen LogP contribution < -0.4 is 10.1 Å². The van der Waals surface area contributed by atoms with Crippen molar-refractivity contribution >= 4 is 38.9 Å². The lowest BCUT2D eigenvalue weighted by molar-refractivity contribution is -0.384. The van der Waals surface area contributed by atoms with E-state index in [-0.39, 0.29) is 5.69 Å². The van der Waals surface area contributed by atoms with Gasteiger partial charge in [0.05, 0.1) is 27.2 Å². The van der Waals surface area contributed by atoms with Gasteiger partial charge in [0, 0.05) is 18.7 Å². The van der Waals surface area contributed by atoms with Crippen molar-refractivity contribution in [3.8, 4) is 5.75 Å². The molecule has 5 nitrogen and oxygen atoms in total. The fourth-order valence-corrected chi connectivity index (χ4v) is 2.55. The number of hydrogen-bond acceptors (Lipinski definition) is 4. The van der Waals surface area contributed by atoms with E-state index in [0.29, 0.717) is 17.3 Å². The van der Waals surface area contributed by atoms with Crippen molar-refractivity contribution in [2.45, 2.75) is 6.54 Å². The maximum absolute atomic E-state index is 10.8. The van der Waals surface area contributed by atoms with Gasteiger partial charge < -0.3 is 10.1 Å². The van der Waals surface area contributed by atoms with Crippen molar-refractivity contribution in [2.24, 2.45) is 0 Å². The monoisotopic (exact) mass is 370 g/mol. The number of ether oxygens (including phenoxy) is 1. The first-order valence-electron chi connectivity index (χ1n) is 6.01. The second-order valence-electron chi connectivity index (χ2n) is 4.24. The van der Waals surface area contributed by atoms with Gasteiger partial charge in [0.2, 0.25) is 0 Å². The Hall–Kier alpha value is -1.79. The molecule has 0 aromatic heterocycles. The average molecular weight is 372 g/mol. The Balaban J connectivity index is 2.14. The number of methoxy groups -OCH3 is 1. The lowest BCUT2D eigenvalue weighted by Crippen LogP contribution is -2.01. The molecule has 0 spiro atoms. The quantitative estimate of drug-likeness (QED) is 0.614. The molecule has 0 radical (unpaired) electrons. The third-order valence-corrected chi connectivity index (χ3v) is 3.81. The van der Waals surface area contributed by atoms with E-state index in [1.807, 2.05) is 18.2 Å². The molecule has 7 heteroatoms. The lowest BCUT2D eigenvalue weighted by atomic mass is 10.2.